The molecule has 1 unspecified atom stereocenters. The van der Waals surface area contributed by atoms with Gasteiger partial charge in [0.05, 0.1) is 24.8 Å². The molecule has 0 N–H and O–H groups in total. The van der Waals surface area contributed by atoms with Gasteiger partial charge in [-0.25, -0.2) is 0 Å². The van der Waals surface area contributed by atoms with E-state index in [0.29, 0.717) is 77.8 Å². The number of hydrogen-bond acceptors (Lipinski definition) is 6. The molecule has 3 heterocycles. The van der Waals surface area contributed by atoms with Crippen molar-refractivity contribution in [3.05, 3.63) is 69.9 Å². The molecular weight excluding hydrogens is 541 g/mol. The van der Waals surface area contributed by atoms with Crippen molar-refractivity contribution < 1.29 is 23.6 Å². The minimum atomic E-state index is -0.571. The first kappa shape index (κ1) is 27.5. The fourth-order valence-corrected chi connectivity index (χ4v) is 5.68. The largest absolute Gasteiger partial charge is 0.493 e. The molecule has 5 rings (SSSR count). The molecule has 2 aromatic carbocycles. The van der Waals surface area contributed by atoms with E-state index >= 15 is 0 Å². The first-order chi connectivity index (χ1) is 18.8. The highest BCUT2D eigenvalue weighted by atomic mass is 35.5. The van der Waals surface area contributed by atoms with E-state index in [0.717, 1.165) is 12.8 Å². The quantitative estimate of drug-likeness (QED) is 0.372. The van der Waals surface area contributed by atoms with E-state index < -0.39 is 5.41 Å². The smallest absolute Gasteiger partial charge is 0.259 e. The second-order valence-electron chi connectivity index (χ2n) is 10.2. The Morgan fingerprint density at radius 2 is 1.77 bits per heavy atom. The van der Waals surface area contributed by atoms with Crippen LogP contribution in [0.1, 0.15) is 35.4 Å². The second-order valence-corrected chi connectivity index (χ2v) is 11.0. The molecular formula is C29H31Cl2N3O5. The van der Waals surface area contributed by atoms with Gasteiger partial charge in [-0.2, -0.15) is 0 Å². The highest BCUT2D eigenvalue weighted by Crippen LogP contribution is 2.38. The summed E-state index contributed by atoms with van der Waals surface area (Å²) in [6.45, 7) is 5.12. The summed E-state index contributed by atoms with van der Waals surface area (Å²) in [5.74, 6) is 0.938. The van der Waals surface area contributed by atoms with Crippen LogP contribution in [0.2, 0.25) is 10.0 Å². The molecule has 39 heavy (non-hydrogen) atoms. The van der Waals surface area contributed by atoms with Crippen molar-refractivity contribution in [1.29, 1.82) is 0 Å². The van der Waals surface area contributed by atoms with Crippen LogP contribution in [0.3, 0.4) is 0 Å². The van der Waals surface area contributed by atoms with Crippen molar-refractivity contribution in [2.45, 2.75) is 26.2 Å². The zero-order valence-electron chi connectivity index (χ0n) is 21.8. The number of halogens is 2. The molecule has 0 saturated carbocycles. The number of carbonyl (C=O) groups is 2. The van der Waals surface area contributed by atoms with Crippen molar-refractivity contribution >= 4 is 35.0 Å². The van der Waals surface area contributed by atoms with Gasteiger partial charge in [0, 0.05) is 48.6 Å². The Labute approximate surface area is 237 Å². The van der Waals surface area contributed by atoms with Crippen molar-refractivity contribution in [3.8, 4) is 17.0 Å². The monoisotopic (exact) mass is 571 g/mol. The summed E-state index contributed by atoms with van der Waals surface area (Å²) in [7, 11) is 0. The van der Waals surface area contributed by atoms with Gasteiger partial charge in [0.1, 0.15) is 22.8 Å². The molecule has 206 valence electrons. The van der Waals surface area contributed by atoms with E-state index in [4.69, 9.17) is 37.2 Å². The first-order valence-corrected chi connectivity index (χ1v) is 13.9. The van der Waals surface area contributed by atoms with Crippen molar-refractivity contribution in [2.24, 2.45) is 5.41 Å². The summed E-state index contributed by atoms with van der Waals surface area (Å²) in [4.78, 5) is 31.0. The van der Waals surface area contributed by atoms with E-state index in [-0.39, 0.29) is 24.8 Å². The molecule has 2 aliphatic heterocycles. The number of carbonyl (C=O) groups excluding carboxylic acids is 2. The van der Waals surface area contributed by atoms with Gasteiger partial charge in [-0.15, -0.1) is 0 Å². The topological polar surface area (TPSA) is 85.1 Å². The van der Waals surface area contributed by atoms with Crippen LogP contribution >= 0.6 is 23.2 Å². The number of hydrogen-bond donors (Lipinski definition) is 0. The van der Waals surface area contributed by atoms with Gasteiger partial charge >= 0.3 is 0 Å². The molecule has 0 bridgehead atoms. The van der Waals surface area contributed by atoms with Crippen molar-refractivity contribution in [1.82, 2.24) is 15.0 Å². The average molecular weight is 572 g/mol. The number of amides is 2. The summed E-state index contributed by atoms with van der Waals surface area (Å²) in [6, 6.07) is 14.4. The molecule has 2 saturated heterocycles. The number of nitrogens with zero attached hydrogens (tertiary/aromatic N) is 3. The van der Waals surface area contributed by atoms with Crippen molar-refractivity contribution in [3.63, 3.8) is 0 Å². The molecule has 0 radical (unpaired) electrons. The predicted octanol–water partition coefficient (Wildman–Crippen LogP) is 5.51. The standard InChI is InChI=1S/C29H31Cl2N3O5/c1-20-26(27(32-39-20)23-5-2-3-6-24(23)31)28(36)34-12-4-11-29(18-34,17-25(35)33-13-15-37-16-14-33)19-38-22-9-7-21(30)8-10-22/h2-3,5-10H,4,11-19H2,1H3. The van der Waals surface area contributed by atoms with Crippen LogP contribution < -0.4 is 4.74 Å². The number of aromatic nitrogens is 1. The lowest BCUT2D eigenvalue weighted by Gasteiger charge is -2.43. The fourth-order valence-electron chi connectivity index (χ4n) is 5.33. The van der Waals surface area contributed by atoms with Crippen LogP contribution in [0, 0.1) is 12.3 Å². The van der Waals surface area contributed by atoms with Crippen LogP contribution in [0.4, 0.5) is 0 Å². The van der Waals surface area contributed by atoms with E-state index in [9.17, 15) is 9.59 Å². The summed E-state index contributed by atoms with van der Waals surface area (Å²) in [5, 5.41) is 5.28. The van der Waals surface area contributed by atoms with Crippen LogP contribution in [-0.4, -0.2) is 72.8 Å². The SMILES string of the molecule is Cc1onc(-c2ccccc2Cl)c1C(=O)N1CCCC(COc2ccc(Cl)cc2)(CC(=O)N2CCOCC2)C1. The van der Waals surface area contributed by atoms with E-state index in [1.165, 1.54) is 0 Å². The van der Waals surface area contributed by atoms with Crippen molar-refractivity contribution in [2.75, 3.05) is 46.0 Å². The molecule has 10 heteroatoms. The minimum Gasteiger partial charge on any atom is -0.493 e. The molecule has 8 nitrogen and oxygen atoms in total. The molecule has 2 fully saturated rings. The highest BCUT2D eigenvalue weighted by molar-refractivity contribution is 6.33. The average Bonchev–Trinajstić information content (AvgIpc) is 3.34. The van der Waals surface area contributed by atoms with Gasteiger partial charge in [-0.3, -0.25) is 9.59 Å². The zero-order chi connectivity index (χ0) is 27.4. The number of rotatable bonds is 7. The highest BCUT2D eigenvalue weighted by Gasteiger charge is 2.42. The Hall–Kier alpha value is -3.07. The number of aryl methyl sites for hydroxylation is 1. The van der Waals surface area contributed by atoms with Crippen LogP contribution in [0.5, 0.6) is 5.75 Å². The Morgan fingerprint density at radius 3 is 2.51 bits per heavy atom. The number of morpholine rings is 1. The van der Waals surface area contributed by atoms with Crippen LogP contribution in [-0.2, 0) is 9.53 Å². The molecule has 1 atom stereocenters. The molecule has 2 amide bonds. The van der Waals surface area contributed by atoms with Crippen LogP contribution in [0.15, 0.2) is 53.1 Å². The molecule has 0 spiro atoms. The van der Waals surface area contributed by atoms with E-state index in [1.807, 2.05) is 35.2 Å². The minimum absolute atomic E-state index is 0.0465. The summed E-state index contributed by atoms with van der Waals surface area (Å²) in [6.07, 6.45) is 1.75. The number of ether oxygens (including phenoxy) is 2. The van der Waals surface area contributed by atoms with Gasteiger partial charge in [0.2, 0.25) is 5.91 Å². The second kappa shape index (κ2) is 12.0. The third kappa shape index (κ3) is 6.24. The number of likely N-dealkylation sites (tertiary alicyclic amines) is 1. The summed E-state index contributed by atoms with van der Waals surface area (Å²) in [5.41, 5.74) is 0.868. The van der Waals surface area contributed by atoms with E-state index in [1.54, 1.807) is 30.0 Å². The maximum Gasteiger partial charge on any atom is 0.259 e. The fraction of sp³-hybridized carbons (Fsp3) is 0.414. The van der Waals surface area contributed by atoms with Crippen LogP contribution in [0.25, 0.3) is 11.3 Å². The molecule has 3 aromatic rings. The number of benzene rings is 2. The molecule has 1 aromatic heterocycles. The maximum atomic E-state index is 14.0. The Morgan fingerprint density at radius 1 is 1.03 bits per heavy atom. The summed E-state index contributed by atoms with van der Waals surface area (Å²) < 4.78 is 17.1. The van der Waals surface area contributed by atoms with Gasteiger partial charge in [0.25, 0.3) is 5.91 Å². The van der Waals surface area contributed by atoms with Gasteiger partial charge in [0.15, 0.2) is 0 Å². The number of piperidine rings is 1. The maximum absolute atomic E-state index is 14.0. The Bertz CT molecular complexity index is 1320. The molecule has 2 aliphatic rings. The third-order valence-corrected chi connectivity index (χ3v) is 7.98. The third-order valence-electron chi connectivity index (χ3n) is 7.40. The van der Waals surface area contributed by atoms with Gasteiger partial charge < -0.3 is 23.8 Å². The van der Waals surface area contributed by atoms with Gasteiger partial charge in [-0.1, -0.05) is 46.6 Å². The first-order valence-electron chi connectivity index (χ1n) is 13.1. The Kier molecular flexibility index (Phi) is 8.45. The van der Waals surface area contributed by atoms with Gasteiger partial charge in [-0.05, 0) is 50.1 Å². The lowest BCUT2D eigenvalue weighted by molar-refractivity contribution is -0.139. The van der Waals surface area contributed by atoms with E-state index in [2.05, 4.69) is 5.16 Å². The summed E-state index contributed by atoms with van der Waals surface area (Å²) >= 11 is 12.5. The molecule has 0 aliphatic carbocycles. The lowest BCUT2D eigenvalue weighted by atomic mass is 9.77. The predicted molar refractivity (Wildman–Crippen MR) is 148 cm³/mol. The normalized spacial score (nSPS) is 19.7. The lowest BCUT2D eigenvalue weighted by Crippen LogP contribution is -2.52. The Balaban J connectivity index is 1.41. The zero-order valence-corrected chi connectivity index (χ0v) is 23.3.